The van der Waals surface area contributed by atoms with Gasteiger partial charge in [-0.25, -0.2) is 4.39 Å². The zero-order valence-electron chi connectivity index (χ0n) is 11.9. The van der Waals surface area contributed by atoms with Crippen molar-refractivity contribution in [1.82, 2.24) is 0 Å². The van der Waals surface area contributed by atoms with E-state index in [0.29, 0.717) is 17.7 Å². The molecule has 0 aliphatic rings. The Morgan fingerprint density at radius 3 is 2.35 bits per heavy atom. The van der Waals surface area contributed by atoms with Crippen molar-refractivity contribution in [2.24, 2.45) is 0 Å². The molecule has 2 aromatic carbocycles. The number of rotatable bonds is 3. The van der Waals surface area contributed by atoms with Crippen LogP contribution in [0.5, 0.6) is 0 Å². The highest BCUT2D eigenvalue weighted by Crippen LogP contribution is 2.21. The lowest BCUT2D eigenvalue weighted by molar-refractivity contribution is 0.607. The van der Waals surface area contributed by atoms with Crippen molar-refractivity contribution < 1.29 is 4.39 Å². The number of halogens is 1. The summed E-state index contributed by atoms with van der Waals surface area (Å²) in [5, 5.41) is 8.89. The molecule has 0 saturated carbocycles. The van der Waals surface area contributed by atoms with Gasteiger partial charge in [-0.05, 0) is 55.3 Å². The molecular formula is C17H17FN2. The van der Waals surface area contributed by atoms with Crippen molar-refractivity contribution in [2.75, 3.05) is 11.9 Å². The van der Waals surface area contributed by atoms with Gasteiger partial charge in [0.2, 0.25) is 0 Å². The first kappa shape index (κ1) is 14.1. The van der Waals surface area contributed by atoms with Crippen molar-refractivity contribution in [3.8, 4) is 6.07 Å². The van der Waals surface area contributed by atoms with Gasteiger partial charge in [0.15, 0.2) is 0 Å². The smallest absolute Gasteiger partial charge is 0.128 e. The summed E-state index contributed by atoms with van der Waals surface area (Å²) >= 11 is 0. The number of nitriles is 1. The lowest BCUT2D eigenvalue weighted by atomic mass is 10.1. The quantitative estimate of drug-likeness (QED) is 0.842. The third-order valence-corrected chi connectivity index (χ3v) is 3.23. The molecule has 2 nitrogen and oxygen atoms in total. The summed E-state index contributed by atoms with van der Waals surface area (Å²) in [4.78, 5) is 1.99. The Balaban J connectivity index is 2.27. The molecule has 0 bridgehead atoms. The molecule has 0 aliphatic heterocycles. The minimum Gasteiger partial charge on any atom is -0.370 e. The molecule has 3 heteroatoms. The van der Waals surface area contributed by atoms with Gasteiger partial charge in [0, 0.05) is 24.8 Å². The van der Waals surface area contributed by atoms with E-state index in [1.54, 1.807) is 6.07 Å². The molecule has 0 aromatic heterocycles. The molecule has 2 rings (SSSR count). The van der Waals surface area contributed by atoms with E-state index in [0.717, 1.165) is 5.69 Å². The summed E-state index contributed by atoms with van der Waals surface area (Å²) in [7, 11) is 1.92. The van der Waals surface area contributed by atoms with Gasteiger partial charge in [0.25, 0.3) is 0 Å². The topological polar surface area (TPSA) is 27.0 Å². The van der Waals surface area contributed by atoms with E-state index >= 15 is 0 Å². The van der Waals surface area contributed by atoms with Gasteiger partial charge < -0.3 is 4.90 Å². The molecule has 0 heterocycles. The third-order valence-electron chi connectivity index (χ3n) is 3.23. The highest BCUT2D eigenvalue weighted by molar-refractivity contribution is 5.51. The normalized spacial score (nSPS) is 10.2. The second-order valence-electron chi connectivity index (χ2n) is 5.12. The SMILES string of the molecule is Cc1cc(C)cc(N(C)Cc2cc(C#N)ccc2F)c1. The number of nitrogens with zero attached hydrogens (tertiary/aromatic N) is 2. The molecule has 0 atom stereocenters. The summed E-state index contributed by atoms with van der Waals surface area (Å²) in [6, 6.07) is 12.7. The van der Waals surface area contributed by atoms with Crippen LogP contribution >= 0.6 is 0 Å². The Kier molecular flexibility index (Phi) is 4.05. The van der Waals surface area contributed by atoms with Crippen molar-refractivity contribution in [2.45, 2.75) is 20.4 Å². The van der Waals surface area contributed by atoms with Crippen LogP contribution in [0.3, 0.4) is 0 Å². The zero-order chi connectivity index (χ0) is 14.7. The molecule has 0 amide bonds. The van der Waals surface area contributed by atoms with Crippen LogP contribution in [-0.4, -0.2) is 7.05 Å². The molecule has 0 saturated heterocycles. The Morgan fingerprint density at radius 2 is 1.75 bits per heavy atom. The molecule has 0 fully saturated rings. The van der Waals surface area contributed by atoms with E-state index in [1.807, 2.05) is 31.9 Å². The van der Waals surface area contributed by atoms with Crippen LogP contribution in [0.2, 0.25) is 0 Å². The lowest BCUT2D eigenvalue weighted by Gasteiger charge is -2.21. The molecule has 0 radical (unpaired) electrons. The number of hydrogen-bond donors (Lipinski definition) is 0. The third kappa shape index (κ3) is 3.16. The predicted octanol–water partition coefficient (Wildman–Crippen LogP) is 3.95. The number of aryl methyl sites for hydroxylation is 2. The van der Waals surface area contributed by atoms with Crippen LogP contribution in [0, 0.1) is 31.0 Å². The average molecular weight is 268 g/mol. The largest absolute Gasteiger partial charge is 0.370 e. The van der Waals surface area contributed by atoms with Crippen molar-refractivity contribution in [3.63, 3.8) is 0 Å². The van der Waals surface area contributed by atoms with Gasteiger partial charge in [0.1, 0.15) is 5.82 Å². The number of hydrogen-bond acceptors (Lipinski definition) is 2. The van der Waals surface area contributed by atoms with Crippen LogP contribution < -0.4 is 4.90 Å². The summed E-state index contributed by atoms with van der Waals surface area (Å²) in [6.07, 6.45) is 0. The van der Waals surface area contributed by atoms with Crippen LogP contribution in [0.15, 0.2) is 36.4 Å². The van der Waals surface area contributed by atoms with Crippen LogP contribution in [0.25, 0.3) is 0 Å². The van der Waals surface area contributed by atoms with Gasteiger partial charge in [-0.15, -0.1) is 0 Å². The molecule has 102 valence electrons. The fraction of sp³-hybridized carbons (Fsp3) is 0.235. The van der Waals surface area contributed by atoms with Gasteiger partial charge in [-0.1, -0.05) is 6.07 Å². The van der Waals surface area contributed by atoms with Crippen LogP contribution in [-0.2, 0) is 6.54 Å². The molecular weight excluding hydrogens is 251 g/mol. The fourth-order valence-corrected chi connectivity index (χ4v) is 2.28. The highest BCUT2D eigenvalue weighted by Gasteiger charge is 2.08. The Labute approximate surface area is 119 Å². The maximum absolute atomic E-state index is 13.8. The fourth-order valence-electron chi connectivity index (χ4n) is 2.28. The Morgan fingerprint density at radius 1 is 1.10 bits per heavy atom. The van der Waals surface area contributed by atoms with E-state index in [2.05, 4.69) is 18.2 Å². The maximum Gasteiger partial charge on any atom is 0.128 e. The van der Waals surface area contributed by atoms with Gasteiger partial charge in [-0.3, -0.25) is 0 Å². The first-order chi connectivity index (χ1) is 9.49. The molecule has 0 spiro atoms. The Bertz CT molecular complexity index is 651. The summed E-state index contributed by atoms with van der Waals surface area (Å²) < 4.78 is 13.8. The molecule has 0 unspecified atom stereocenters. The van der Waals surface area contributed by atoms with Crippen molar-refractivity contribution in [1.29, 1.82) is 5.26 Å². The standard InChI is InChI=1S/C17H17FN2/c1-12-6-13(2)8-16(7-12)20(3)11-15-9-14(10-19)4-5-17(15)18/h4-9H,11H2,1-3H3. The molecule has 0 aliphatic carbocycles. The van der Waals surface area contributed by atoms with Gasteiger partial charge in [-0.2, -0.15) is 5.26 Å². The van der Waals surface area contributed by atoms with E-state index in [-0.39, 0.29) is 5.82 Å². The minimum atomic E-state index is -0.278. The number of benzene rings is 2. The molecule has 20 heavy (non-hydrogen) atoms. The first-order valence-corrected chi connectivity index (χ1v) is 6.47. The van der Waals surface area contributed by atoms with E-state index < -0.39 is 0 Å². The molecule has 0 N–H and O–H groups in total. The second-order valence-corrected chi connectivity index (χ2v) is 5.12. The van der Waals surface area contributed by atoms with E-state index in [9.17, 15) is 4.39 Å². The predicted molar refractivity (Wildman–Crippen MR) is 79.1 cm³/mol. The summed E-state index contributed by atoms with van der Waals surface area (Å²) in [5.74, 6) is -0.278. The summed E-state index contributed by atoms with van der Waals surface area (Å²) in [6.45, 7) is 4.52. The van der Waals surface area contributed by atoms with Gasteiger partial charge in [0.05, 0.1) is 11.6 Å². The van der Waals surface area contributed by atoms with Crippen LogP contribution in [0.1, 0.15) is 22.3 Å². The minimum absolute atomic E-state index is 0.278. The average Bonchev–Trinajstić information content (AvgIpc) is 2.40. The second kappa shape index (κ2) is 5.75. The monoisotopic (exact) mass is 268 g/mol. The van der Waals surface area contributed by atoms with Crippen molar-refractivity contribution >= 4 is 5.69 Å². The Hall–Kier alpha value is -2.34. The maximum atomic E-state index is 13.8. The number of anilines is 1. The first-order valence-electron chi connectivity index (χ1n) is 6.47. The summed E-state index contributed by atoms with van der Waals surface area (Å²) in [5.41, 5.74) is 4.42. The van der Waals surface area contributed by atoms with Gasteiger partial charge >= 0.3 is 0 Å². The molecule has 2 aromatic rings. The van der Waals surface area contributed by atoms with Crippen molar-refractivity contribution in [3.05, 3.63) is 64.5 Å². The highest BCUT2D eigenvalue weighted by atomic mass is 19.1. The van der Waals surface area contributed by atoms with E-state index in [1.165, 1.54) is 23.3 Å². The zero-order valence-corrected chi connectivity index (χ0v) is 11.9. The van der Waals surface area contributed by atoms with Crippen LogP contribution in [0.4, 0.5) is 10.1 Å². The lowest BCUT2D eigenvalue weighted by Crippen LogP contribution is -2.17. The van der Waals surface area contributed by atoms with E-state index in [4.69, 9.17) is 5.26 Å².